The highest BCUT2D eigenvalue weighted by Crippen LogP contribution is 2.37. The van der Waals surface area contributed by atoms with E-state index in [2.05, 4.69) is 43.2 Å². The fourth-order valence-electron chi connectivity index (χ4n) is 2.20. The van der Waals surface area contributed by atoms with Crippen LogP contribution in [0.3, 0.4) is 0 Å². The summed E-state index contributed by atoms with van der Waals surface area (Å²) >= 11 is 8.17. The first kappa shape index (κ1) is 17.9. The quantitative estimate of drug-likeness (QED) is 0.541. The molecule has 3 rings (SSSR count). The summed E-state index contributed by atoms with van der Waals surface area (Å²) in [7, 11) is 0. The summed E-state index contributed by atoms with van der Waals surface area (Å²) in [5, 5.41) is 14.2. The lowest BCUT2D eigenvalue weighted by atomic mass is 10.2. The number of hydrogen-bond acceptors (Lipinski definition) is 5. The van der Waals surface area contributed by atoms with Crippen LogP contribution in [0, 0.1) is 9.39 Å². The van der Waals surface area contributed by atoms with Crippen molar-refractivity contribution in [1.29, 1.82) is 0 Å². The molecule has 9 heteroatoms. The standard InChI is InChI=1S/C16H13ClFIN4O2/c1-2-24-14-7-9(16-20-22-23-21-16)6-13(19)15(14)25-8-10-11(17)4-3-5-12(10)18/h3-7H,2,8H2,1H3,(H,20,21,22,23). The van der Waals surface area contributed by atoms with E-state index < -0.39 is 5.82 Å². The van der Waals surface area contributed by atoms with Gasteiger partial charge in [-0.2, -0.15) is 5.21 Å². The summed E-state index contributed by atoms with van der Waals surface area (Å²) in [5.41, 5.74) is 1.03. The molecule has 0 fully saturated rings. The van der Waals surface area contributed by atoms with Gasteiger partial charge in [-0.15, -0.1) is 10.2 Å². The Bertz CT molecular complexity index is 857. The Kier molecular flexibility index (Phi) is 5.69. The Hall–Kier alpha value is -1.94. The molecule has 0 aliphatic carbocycles. The lowest BCUT2D eigenvalue weighted by Gasteiger charge is -2.15. The van der Waals surface area contributed by atoms with Crippen molar-refractivity contribution in [1.82, 2.24) is 20.6 Å². The lowest BCUT2D eigenvalue weighted by molar-refractivity contribution is 0.264. The van der Waals surface area contributed by atoms with Gasteiger partial charge in [0.05, 0.1) is 15.2 Å². The van der Waals surface area contributed by atoms with E-state index in [1.165, 1.54) is 6.07 Å². The Balaban J connectivity index is 1.92. The summed E-state index contributed by atoms with van der Waals surface area (Å²) in [6.07, 6.45) is 0. The average molecular weight is 475 g/mol. The Morgan fingerprint density at radius 1 is 1.28 bits per heavy atom. The summed E-state index contributed by atoms with van der Waals surface area (Å²) in [4.78, 5) is 0. The van der Waals surface area contributed by atoms with E-state index in [-0.39, 0.29) is 6.61 Å². The predicted molar refractivity (Wildman–Crippen MR) is 99.2 cm³/mol. The van der Waals surface area contributed by atoms with E-state index in [0.29, 0.717) is 34.5 Å². The zero-order valence-corrected chi connectivity index (χ0v) is 16.0. The molecule has 3 aromatic rings. The SMILES string of the molecule is CCOc1cc(-c2nn[nH]n2)cc(I)c1OCc1c(F)cccc1Cl. The van der Waals surface area contributed by atoms with E-state index in [0.717, 1.165) is 9.13 Å². The molecule has 1 heterocycles. The van der Waals surface area contributed by atoms with Crippen LogP contribution in [-0.4, -0.2) is 27.2 Å². The molecule has 0 unspecified atom stereocenters. The van der Waals surface area contributed by atoms with Crippen LogP contribution >= 0.6 is 34.2 Å². The van der Waals surface area contributed by atoms with Gasteiger partial charge in [0.1, 0.15) is 12.4 Å². The van der Waals surface area contributed by atoms with Gasteiger partial charge in [-0.05, 0) is 59.0 Å². The highest BCUT2D eigenvalue weighted by Gasteiger charge is 2.17. The molecule has 0 atom stereocenters. The Morgan fingerprint density at radius 2 is 2.12 bits per heavy atom. The molecule has 0 bridgehead atoms. The van der Waals surface area contributed by atoms with Crippen molar-refractivity contribution >= 4 is 34.2 Å². The van der Waals surface area contributed by atoms with Gasteiger partial charge >= 0.3 is 0 Å². The van der Waals surface area contributed by atoms with E-state index in [4.69, 9.17) is 21.1 Å². The molecule has 2 aromatic carbocycles. The molecule has 0 saturated carbocycles. The molecular formula is C16H13ClFIN4O2. The number of aromatic amines is 1. The predicted octanol–water partition coefficient (Wildman–Crippen LogP) is 4.24. The summed E-state index contributed by atoms with van der Waals surface area (Å²) < 4.78 is 26.2. The topological polar surface area (TPSA) is 72.9 Å². The van der Waals surface area contributed by atoms with Gasteiger partial charge in [0, 0.05) is 11.1 Å². The number of ether oxygens (including phenoxy) is 2. The number of benzene rings is 2. The van der Waals surface area contributed by atoms with E-state index in [1.807, 2.05) is 13.0 Å². The molecule has 0 aliphatic heterocycles. The zero-order chi connectivity index (χ0) is 17.8. The Morgan fingerprint density at radius 3 is 2.80 bits per heavy atom. The van der Waals surface area contributed by atoms with Gasteiger partial charge in [-0.1, -0.05) is 17.7 Å². The van der Waals surface area contributed by atoms with Crippen LogP contribution in [0.2, 0.25) is 5.02 Å². The molecule has 0 aliphatic rings. The smallest absolute Gasteiger partial charge is 0.204 e. The van der Waals surface area contributed by atoms with Gasteiger partial charge in [-0.3, -0.25) is 0 Å². The van der Waals surface area contributed by atoms with Crippen molar-refractivity contribution < 1.29 is 13.9 Å². The second kappa shape index (κ2) is 7.96. The summed E-state index contributed by atoms with van der Waals surface area (Å²) in [5.74, 6) is 1.06. The molecule has 6 nitrogen and oxygen atoms in total. The molecule has 25 heavy (non-hydrogen) atoms. The maximum Gasteiger partial charge on any atom is 0.204 e. The number of H-pyrrole nitrogens is 1. The molecule has 0 saturated heterocycles. The zero-order valence-electron chi connectivity index (χ0n) is 13.1. The highest BCUT2D eigenvalue weighted by molar-refractivity contribution is 14.1. The number of nitrogens with zero attached hydrogens (tertiary/aromatic N) is 3. The number of tetrazole rings is 1. The second-order valence-corrected chi connectivity index (χ2v) is 6.51. The van der Waals surface area contributed by atoms with Crippen molar-refractivity contribution in [2.45, 2.75) is 13.5 Å². The molecule has 1 N–H and O–H groups in total. The third-order valence-corrected chi connectivity index (χ3v) is 4.49. The first-order valence-corrected chi connectivity index (χ1v) is 8.81. The first-order valence-electron chi connectivity index (χ1n) is 7.36. The monoisotopic (exact) mass is 474 g/mol. The molecule has 0 spiro atoms. The largest absolute Gasteiger partial charge is 0.490 e. The first-order chi connectivity index (χ1) is 12.1. The maximum atomic E-state index is 13.9. The van der Waals surface area contributed by atoms with Crippen LogP contribution in [0.15, 0.2) is 30.3 Å². The van der Waals surface area contributed by atoms with Crippen LogP contribution in [0.25, 0.3) is 11.4 Å². The van der Waals surface area contributed by atoms with Gasteiger partial charge in [0.15, 0.2) is 11.5 Å². The normalized spacial score (nSPS) is 10.7. The van der Waals surface area contributed by atoms with E-state index in [1.54, 1.807) is 18.2 Å². The summed E-state index contributed by atoms with van der Waals surface area (Å²) in [6, 6.07) is 8.12. The van der Waals surface area contributed by atoms with Crippen molar-refractivity contribution in [2.75, 3.05) is 6.61 Å². The number of rotatable bonds is 6. The molecule has 0 amide bonds. The van der Waals surface area contributed by atoms with Crippen LogP contribution in [0.4, 0.5) is 4.39 Å². The highest BCUT2D eigenvalue weighted by atomic mass is 127. The van der Waals surface area contributed by atoms with E-state index >= 15 is 0 Å². The Labute approximate surface area is 161 Å². The average Bonchev–Trinajstić information content (AvgIpc) is 3.11. The minimum atomic E-state index is -0.413. The van der Waals surface area contributed by atoms with E-state index in [9.17, 15) is 4.39 Å². The van der Waals surface area contributed by atoms with Crippen LogP contribution < -0.4 is 9.47 Å². The van der Waals surface area contributed by atoms with Gasteiger partial charge in [-0.25, -0.2) is 4.39 Å². The number of nitrogens with one attached hydrogen (secondary N) is 1. The number of aromatic nitrogens is 4. The third-order valence-electron chi connectivity index (χ3n) is 3.34. The van der Waals surface area contributed by atoms with Crippen LogP contribution in [0.5, 0.6) is 11.5 Å². The fraction of sp³-hybridized carbons (Fsp3) is 0.188. The fourth-order valence-corrected chi connectivity index (χ4v) is 3.17. The number of halogens is 3. The lowest BCUT2D eigenvalue weighted by Crippen LogP contribution is -2.04. The number of hydrogen-bond donors (Lipinski definition) is 1. The van der Waals surface area contributed by atoms with Crippen LogP contribution in [-0.2, 0) is 6.61 Å². The third kappa shape index (κ3) is 4.01. The molecule has 1 aromatic heterocycles. The van der Waals surface area contributed by atoms with Gasteiger partial charge in [0.2, 0.25) is 5.82 Å². The maximum absolute atomic E-state index is 13.9. The van der Waals surface area contributed by atoms with Crippen molar-refractivity contribution in [3.05, 3.63) is 50.3 Å². The second-order valence-electron chi connectivity index (χ2n) is 4.94. The van der Waals surface area contributed by atoms with Gasteiger partial charge < -0.3 is 9.47 Å². The molecule has 130 valence electrons. The van der Waals surface area contributed by atoms with Crippen molar-refractivity contribution in [3.63, 3.8) is 0 Å². The minimum absolute atomic E-state index is 0.0108. The van der Waals surface area contributed by atoms with Crippen LogP contribution in [0.1, 0.15) is 12.5 Å². The molecule has 0 radical (unpaired) electrons. The molecular weight excluding hydrogens is 462 g/mol. The van der Waals surface area contributed by atoms with Crippen molar-refractivity contribution in [2.24, 2.45) is 0 Å². The summed E-state index contributed by atoms with van der Waals surface area (Å²) in [6.45, 7) is 2.30. The van der Waals surface area contributed by atoms with Gasteiger partial charge in [0.25, 0.3) is 0 Å². The minimum Gasteiger partial charge on any atom is -0.490 e. The van der Waals surface area contributed by atoms with Crippen molar-refractivity contribution in [3.8, 4) is 22.9 Å².